The molecule has 108 valence electrons. The first-order valence-electron chi connectivity index (χ1n) is 7.09. The Kier molecular flexibility index (Phi) is 3.52. The van der Waals surface area contributed by atoms with E-state index in [4.69, 9.17) is 10.9 Å². The SMILES string of the molecule is Cc1cc(N2CCc3ccccc3C2)ccc1/C(N)=N/O. The van der Waals surface area contributed by atoms with Gasteiger partial charge in [0.05, 0.1) is 0 Å². The summed E-state index contributed by atoms with van der Waals surface area (Å²) in [5.41, 5.74) is 11.5. The van der Waals surface area contributed by atoms with Crippen molar-refractivity contribution < 1.29 is 5.21 Å². The molecule has 3 rings (SSSR count). The van der Waals surface area contributed by atoms with Gasteiger partial charge in [0.1, 0.15) is 0 Å². The van der Waals surface area contributed by atoms with Crippen molar-refractivity contribution in [3.8, 4) is 0 Å². The Morgan fingerprint density at radius 2 is 1.95 bits per heavy atom. The van der Waals surface area contributed by atoms with Crippen LogP contribution in [-0.2, 0) is 13.0 Å². The molecule has 1 aliphatic rings. The van der Waals surface area contributed by atoms with Crippen LogP contribution in [0.3, 0.4) is 0 Å². The maximum absolute atomic E-state index is 8.79. The van der Waals surface area contributed by atoms with Crippen molar-refractivity contribution in [2.45, 2.75) is 19.9 Å². The Hall–Kier alpha value is -2.49. The highest BCUT2D eigenvalue weighted by Gasteiger charge is 2.16. The normalized spacial score (nSPS) is 14.9. The van der Waals surface area contributed by atoms with E-state index in [9.17, 15) is 0 Å². The van der Waals surface area contributed by atoms with Gasteiger partial charge in [-0.3, -0.25) is 0 Å². The fraction of sp³-hybridized carbons (Fsp3) is 0.235. The summed E-state index contributed by atoms with van der Waals surface area (Å²) in [5, 5.41) is 11.9. The van der Waals surface area contributed by atoms with Crippen molar-refractivity contribution in [1.29, 1.82) is 0 Å². The molecule has 2 aromatic rings. The van der Waals surface area contributed by atoms with Gasteiger partial charge >= 0.3 is 0 Å². The fourth-order valence-corrected chi connectivity index (χ4v) is 2.90. The zero-order valence-electron chi connectivity index (χ0n) is 12.1. The van der Waals surface area contributed by atoms with Gasteiger partial charge in [0.15, 0.2) is 5.84 Å². The lowest BCUT2D eigenvalue weighted by molar-refractivity contribution is 0.318. The minimum Gasteiger partial charge on any atom is -0.409 e. The lowest BCUT2D eigenvalue weighted by Gasteiger charge is -2.31. The molecule has 0 radical (unpaired) electrons. The highest BCUT2D eigenvalue weighted by atomic mass is 16.4. The van der Waals surface area contributed by atoms with E-state index in [-0.39, 0.29) is 5.84 Å². The summed E-state index contributed by atoms with van der Waals surface area (Å²) in [6, 6.07) is 14.6. The van der Waals surface area contributed by atoms with Crippen molar-refractivity contribution in [3.63, 3.8) is 0 Å². The number of benzene rings is 2. The van der Waals surface area contributed by atoms with E-state index in [0.29, 0.717) is 0 Å². The predicted molar refractivity (Wildman–Crippen MR) is 84.9 cm³/mol. The third-order valence-electron chi connectivity index (χ3n) is 4.09. The van der Waals surface area contributed by atoms with Gasteiger partial charge in [-0.15, -0.1) is 0 Å². The van der Waals surface area contributed by atoms with Crippen LogP contribution in [0.15, 0.2) is 47.6 Å². The average molecular weight is 281 g/mol. The molecule has 21 heavy (non-hydrogen) atoms. The minimum atomic E-state index is 0.156. The molecule has 0 spiro atoms. The van der Waals surface area contributed by atoms with Gasteiger partial charge in [0.2, 0.25) is 0 Å². The largest absolute Gasteiger partial charge is 0.409 e. The van der Waals surface area contributed by atoms with Crippen LogP contribution < -0.4 is 10.6 Å². The summed E-state index contributed by atoms with van der Waals surface area (Å²) in [6.45, 7) is 3.92. The van der Waals surface area contributed by atoms with E-state index < -0.39 is 0 Å². The maximum atomic E-state index is 8.79. The topological polar surface area (TPSA) is 61.8 Å². The van der Waals surface area contributed by atoms with Gasteiger partial charge in [0, 0.05) is 24.3 Å². The van der Waals surface area contributed by atoms with Crippen molar-refractivity contribution in [1.82, 2.24) is 0 Å². The van der Waals surface area contributed by atoms with Crippen LogP contribution in [0.4, 0.5) is 5.69 Å². The summed E-state index contributed by atoms with van der Waals surface area (Å²) >= 11 is 0. The molecule has 3 N–H and O–H groups in total. The Bertz CT molecular complexity index is 694. The second-order valence-corrected chi connectivity index (χ2v) is 5.42. The lowest BCUT2D eigenvalue weighted by Crippen LogP contribution is -2.30. The van der Waals surface area contributed by atoms with Gasteiger partial charge in [-0.25, -0.2) is 0 Å². The molecule has 1 aliphatic heterocycles. The van der Waals surface area contributed by atoms with E-state index in [1.165, 1.54) is 16.8 Å². The highest BCUT2D eigenvalue weighted by Crippen LogP contribution is 2.26. The average Bonchev–Trinajstić information content (AvgIpc) is 2.53. The number of amidine groups is 1. The molecule has 0 unspecified atom stereocenters. The van der Waals surface area contributed by atoms with Crippen LogP contribution in [0.1, 0.15) is 22.3 Å². The molecule has 0 fully saturated rings. The van der Waals surface area contributed by atoms with Crippen LogP contribution in [0, 0.1) is 6.92 Å². The third-order valence-corrected chi connectivity index (χ3v) is 4.09. The second kappa shape index (κ2) is 5.48. The number of nitrogens with two attached hydrogens (primary N) is 1. The number of fused-ring (bicyclic) bond motifs is 1. The van der Waals surface area contributed by atoms with Crippen molar-refractivity contribution >= 4 is 11.5 Å². The Balaban J connectivity index is 1.88. The molecule has 0 aromatic heterocycles. The van der Waals surface area contributed by atoms with Crippen molar-refractivity contribution in [3.05, 3.63) is 64.7 Å². The monoisotopic (exact) mass is 281 g/mol. The van der Waals surface area contributed by atoms with Crippen LogP contribution in [0.5, 0.6) is 0 Å². The van der Waals surface area contributed by atoms with Gasteiger partial charge < -0.3 is 15.8 Å². The van der Waals surface area contributed by atoms with E-state index in [1.54, 1.807) is 0 Å². The van der Waals surface area contributed by atoms with Gasteiger partial charge in [-0.1, -0.05) is 29.4 Å². The molecule has 1 heterocycles. The summed E-state index contributed by atoms with van der Waals surface area (Å²) in [4.78, 5) is 2.37. The number of anilines is 1. The van der Waals surface area contributed by atoms with Crippen LogP contribution in [-0.4, -0.2) is 17.6 Å². The zero-order chi connectivity index (χ0) is 14.8. The maximum Gasteiger partial charge on any atom is 0.170 e. The minimum absolute atomic E-state index is 0.156. The molecule has 4 heteroatoms. The Labute approximate surface area is 124 Å². The van der Waals surface area contributed by atoms with E-state index in [0.717, 1.165) is 30.6 Å². The Morgan fingerprint density at radius 1 is 1.19 bits per heavy atom. The molecule has 2 aromatic carbocycles. The Morgan fingerprint density at radius 3 is 2.67 bits per heavy atom. The van der Waals surface area contributed by atoms with Crippen LogP contribution in [0.25, 0.3) is 0 Å². The quantitative estimate of drug-likeness (QED) is 0.385. The van der Waals surface area contributed by atoms with E-state index in [1.807, 2.05) is 19.1 Å². The number of hydrogen-bond donors (Lipinski definition) is 2. The fourth-order valence-electron chi connectivity index (χ4n) is 2.90. The molecular weight excluding hydrogens is 262 g/mol. The summed E-state index contributed by atoms with van der Waals surface area (Å²) in [7, 11) is 0. The summed E-state index contributed by atoms with van der Waals surface area (Å²) in [6.07, 6.45) is 1.07. The molecule has 0 saturated carbocycles. The molecular formula is C17H19N3O. The van der Waals surface area contributed by atoms with Crippen LogP contribution in [0.2, 0.25) is 0 Å². The lowest BCUT2D eigenvalue weighted by atomic mass is 9.98. The number of aryl methyl sites for hydroxylation is 1. The number of nitrogens with zero attached hydrogens (tertiary/aromatic N) is 2. The number of rotatable bonds is 2. The smallest absolute Gasteiger partial charge is 0.170 e. The molecule has 0 aliphatic carbocycles. The first kappa shape index (κ1) is 13.5. The standard InChI is InChI=1S/C17H19N3O/c1-12-10-15(6-7-16(12)17(18)19-21)20-9-8-13-4-2-3-5-14(13)11-20/h2-7,10,21H,8-9,11H2,1H3,(H2,18,19). The van der Waals surface area contributed by atoms with E-state index >= 15 is 0 Å². The first-order valence-corrected chi connectivity index (χ1v) is 7.09. The predicted octanol–water partition coefficient (Wildman–Crippen LogP) is 2.65. The number of oxime groups is 1. The molecule has 0 bridgehead atoms. The molecule has 4 nitrogen and oxygen atoms in total. The van der Waals surface area contributed by atoms with E-state index in [2.05, 4.69) is 40.4 Å². The van der Waals surface area contributed by atoms with Crippen LogP contribution >= 0.6 is 0 Å². The summed E-state index contributed by atoms with van der Waals surface area (Å²) < 4.78 is 0. The highest BCUT2D eigenvalue weighted by molar-refractivity contribution is 5.98. The van der Waals surface area contributed by atoms with Gasteiger partial charge in [0.25, 0.3) is 0 Å². The molecule has 0 amide bonds. The summed E-state index contributed by atoms with van der Waals surface area (Å²) in [5.74, 6) is 0.156. The molecule has 0 atom stereocenters. The second-order valence-electron chi connectivity index (χ2n) is 5.42. The third kappa shape index (κ3) is 2.57. The van der Waals surface area contributed by atoms with Crippen molar-refractivity contribution in [2.24, 2.45) is 10.9 Å². The van der Waals surface area contributed by atoms with Gasteiger partial charge in [-0.05, 0) is 48.2 Å². The number of hydrogen-bond acceptors (Lipinski definition) is 3. The first-order chi connectivity index (χ1) is 10.2. The molecule has 0 saturated heterocycles. The zero-order valence-corrected chi connectivity index (χ0v) is 12.1. The van der Waals surface area contributed by atoms with Crippen molar-refractivity contribution in [2.75, 3.05) is 11.4 Å². The van der Waals surface area contributed by atoms with Gasteiger partial charge in [-0.2, -0.15) is 0 Å².